The molecule has 1 amide bonds. The first-order chi connectivity index (χ1) is 15.1. The predicted molar refractivity (Wildman–Crippen MR) is 120 cm³/mol. The lowest BCUT2D eigenvalue weighted by Crippen LogP contribution is -2.36. The van der Waals surface area contributed by atoms with E-state index in [2.05, 4.69) is 10.2 Å². The molecule has 1 aliphatic heterocycles. The molecule has 0 bridgehead atoms. The van der Waals surface area contributed by atoms with Gasteiger partial charge in [-0.3, -0.25) is 4.79 Å². The maximum Gasteiger partial charge on any atom is 0.255 e. The van der Waals surface area contributed by atoms with Crippen molar-refractivity contribution in [1.29, 1.82) is 0 Å². The van der Waals surface area contributed by atoms with Gasteiger partial charge in [0, 0.05) is 37.1 Å². The average molecular weight is 420 g/mol. The minimum absolute atomic E-state index is 0.224. The van der Waals surface area contributed by atoms with Crippen molar-refractivity contribution in [2.75, 3.05) is 30.4 Å². The Balaban J connectivity index is 1.37. The molecule has 0 radical (unpaired) electrons. The Morgan fingerprint density at radius 2 is 1.68 bits per heavy atom. The number of nitrogens with one attached hydrogen (secondary N) is 1. The molecule has 5 nitrogen and oxygen atoms in total. The normalized spacial score (nSPS) is 14.3. The third kappa shape index (κ3) is 5.41. The fraction of sp³-hybridized carbons (Fsp3) is 0.240. The van der Waals surface area contributed by atoms with Gasteiger partial charge in [-0.2, -0.15) is 0 Å². The average Bonchev–Trinajstić information content (AvgIpc) is 2.81. The number of carbonyl (C=O) groups is 1. The van der Waals surface area contributed by atoms with E-state index in [1.54, 1.807) is 43.5 Å². The molecule has 160 valence electrons. The minimum Gasteiger partial charge on any atom is -0.457 e. The Morgan fingerprint density at radius 1 is 0.968 bits per heavy atom. The summed E-state index contributed by atoms with van der Waals surface area (Å²) in [6.07, 6.45) is 2.38. The highest BCUT2D eigenvalue weighted by Crippen LogP contribution is 2.25. The highest BCUT2D eigenvalue weighted by molar-refractivity contribution is 6.04. The Morgan fingerprint density at radius 3 is 2.35 bits per heavy atom. The van der Waals surface area contributed by atoms with Crippen LogP contribution in [-0.2, 0) is 4.74 Å². The summed E-state index contributed by atoms with van der Waals surface area (Å²) in [7, 11) is 1.77. The van der Waals surface area contributed by atoms with Crippen LogP contribution in [-0.4, -0.2) is 32.2 Å². The van der Waals surface area contributed by atoms with Crippen LogP contribution in [0.25, 0.3) is 0 Å². The van der Waals surface area contributed by atoms with Crippen molar-refractivity contribution in [3.8, 4) is 11.5 Å². The van der Waals surface area contributed by atoms with Gasteiger partial charge in [-0.25, -0.2) is 4.39 Å². The molecule has 1 fully saturated rings. The van der Waals surface area contributed by atoms with Crippen LogP contribution in [0.3, 0.4) is 0 Å². The van der Waals surface area contributed by atoms with Gasteiger partial charge in [-0.1, -0.05) is 6.07 Å². The third-order valence-electron chi connectivity index (χ3n) is 5.41. The number of methoxy groups -OCH3 is 1. The standard InChI is InChI=1S/C25H25FN2O3/c1-30-22-13-15-28(16-14-22)21-9-7-20(8-10-21)27-25(29)18-3-2-4-24(17-18)31-23-11-5-19(26)6-12-23/h2-12,17,22H,13-16H2,1H3,(H,27,29). The van der Waals surface area contributed by atoms with Crippen molar-refractivity contribution in [3.63, 3.8) is 0 Å². The molecule has 1 N–H and O–H groups in total. The van der Waals surface area contributed by atoms with E-state index in [-0.39, 0.29) is 11.7 Å². The lowest BCUT2D eigenvalue weighted by Gasteiger charge is -2.33. The molecule has 1 saturated heterocycles. The number of ether oxygens (including phenoxy) is 2. The third-order valence-corrected chi connectivity index (χ3v) is 5.41. The number of amides is 1. The first-order valence-electron chi connectivity index (χ1n) is 10.3. The summed E-state index contributed by atoms with van der Waals surface area (Å²) < 4.78 is 24.2. The van der Waals surface area contributed by atoms with Gasteiger partial charge < -0.3 is 19.7 Å². The maximum atomic E-state index is 13.0. The second-order valence-electron chi connectivity index (χ2n) is 7.51. The van der Waals surface area contributed by atoms with E-state index in [0.717, 1.165) is 37.3 Å². The van der Waals surface area contributed by atoms with E-state index in [9.17, 15) is 9.18 Å². The van der Waals surface area contributed by atoms with Crippen molar-refractivity contribution >= 4 is 17.3 Å². The summed E-state index contributed by atoms with van der Waals surface area (Å²) in [4.78, 5) is 15.0. The smallest absolute Gasteiger partial charge is 0.255 e. The van der Waals surface area contributed by atoms with Crippen molar-refractivity contribution in [3.05, 3.63) is 84.2 Å². The van der Waals surface area contributed by atoms with Crippen LogP contribution in [0.5, 0.6) is 11.5 Å². The highest BCUT2D eigenvalue weighted by Gasteiger charge is 2.18. The molecule has 0 atom stereocenters. The molecule has 1 aliphatic rings. The first kappa shape index (κ1) is 20.9. The Bertz CT molecular complexity index is 1010. The molecule has 0 aromatic heterocycles. The van der Waals surface area contributed by atoms with Crippen LogP contribution in [0.4, 0.5) is 15.8 Å². The molecule has 6 heteroatoms. The first-order valence-corrected chi connectivity index (χ1v) is 10.3. The van der Waals surface area contributed by atoms with Crippen LogP contribution in [0.15, 0.2) is 72.8 Å². The van der Waals surface area contributed by atoms with E-state index in [4.69, 9.17) is 9.47 Å². The van der Waals surface area contributed by atoms with E-state index in [0.29, 0.717) is 23.2 Å². The van der Waals surface area contributed by atoms with Gasteiger partial charge in [0.15, 0.2) is 0 Å². The van der Waals surface area contributed by atoms with E-state index in [1.165, 1.54) is 12.1 Å². The van der Waals surface area contributed by atoms with Gasteiger partial charge in [-0.05, 0) is 79.6 Å². The van der Waals surface area contributed by atoms with E-state index >= 15 is 0 Å². The number of carbonyl (C=O) groups excluding carboxylic acids is 1. The van der Waals surface area contributed by atoms with Crippen LogP contribution in [0.1, 0.15) is 23.2 Å². The quantitative estimate of drug-likeness (QED) is 0.573. The number of hydrogen-bond acceptors (Lipinski definition) is 4. The molecule has 31 heavy (non-hydrogen) atoms. The van der Waals surface area contributed by atoms with E-state index < -0.39 is 0 Å². The molecule has 3 aromatic carbocycles. The van der Waals surface area contributed by atoms with Gasteiger partial charge in [0.05, 0.1) is 6.10 Å². The highest BCUT2D eigenvalue weighted by atomic mass is 19.1. The van der Waals surface area contributed by atoms with Crippen LogP contribution in [0, 0.1) is 5.82 Å². The number of anilines is 2. The summed E-state index contributed by atoms with van der Waals surface area (Å²) in [6.45, 7) is 1.93. The van der Waals surface area contributed by atoms with Crippen molar-refractivity contribution in [2.45, 2.75) is 18.9 Å². The number of piperidine rings is 1. The molecule has 4 rings (SSSR count). The SMILES string of the molecule is COC1CCN(c2ccc(NC(=O)c3cccc(Oc4ccc(F)cc4)c3)cc2)CC1. The second kappa shape index (κ2) is 9.62. The molecule has 3 aromatic rings. The Hall–Kier alpha value is -3.38. The fourth-order valence-electron chi connectivity index (χ4n) is 3.65. The van der Waals surface area contributed by atoms with E-state index in [1.807, 2.05) is 24.3 Å². The number of benzene rings is 3. The molecule has 0 saturated carbocycles. The number of halogens is 1. The largest absolute Gasteiger partial charge is 0.457 e. The Kier molecular flexibility index (Phi) is 6.48. The second-order valence-corrected chi connectivity index (χ2v) is 7.51. The van der Waals surface area contributed by atoms with Gasteiger partial charge in [0.2, 0.25) is 0 Å². The lowest BCUT2D eigenvalue weighted by atomic mass is 10.1. The predicted octanol–water partition coefficient (Wildman–Crippen LogP) is 5.49. The summed E-state index contributed by atoms with van der Waals surface area (Å²) >= 11 is 0. The Labute approximate surface area is 181 Å². The van der Waals surface area contributed by atoms with Gasteiger partial charge in [0.1, 0.15) is 17.3 Å². The van der Waals surface area contributed by atoms with Crippen LogP contribution < -0.4 is 15.0 Å². The summed E-state index contributed by atoms with van der Waals surface area (Å²) in [5.74, 6) is 0.460. The number of hydrogen-bond donors (Lipinski definition) is 1. The number of nitrogens with zero attached hydrogens (tertiary/aromatic N) is 1. The van der Waals surface area contributed by atoms with Crippen molar-refractivity contribution in [1.82, 2.24) is 0 Å². The maximum absolute atomic E-state index is 13.0. The summed E-state index contributed by atoms with van der Waals surface area (Å²) in [6, 6.07) is 20.5. The fourth-order valence-corrected chi connectivity index (χ4v) is 3.65. The molecular formula is C25H25FN2O3. The molecule has 0 aliphatic carbocycles. The minimum atomic E-state index is -0.328. The monoisotopic (exact) mass is 420 g/mol. The van der Waals surface area contributed by atoms with Crippen LogP contribution >= 0.6 is 0 Å². The molecule has 1 heterocycles. The molecule has 0 unspecified atom stereocenters. The zero-order chi connectivity index (χ0) is 21.6. The topological polar surface area (TPSA) is 50.8 Å². The van der Waals surface area contributed by atoms with Gasteiger partial charge in [0.25, 0.3) is 5.91 Å². The zero-order valence-corrected chi connectivity index (χ0v) is 17.4. The zero-order valence-electron chi connectivity index (χ0n) is 17.4. The summed E-state index contributed by atoms with van der Waals surface area (Å²) in [5.41, 5.74) is 2.35. The number of rotatable bonds is 6. The van der Waals surface area contributed by atoms with Crippen molar-refractivity contribution < 1.29 is 18.7 Å². The van der Waals surface area contributed by atoms with Crippen molar-refractivity contribution in [2.24, 2.45) is 0 Å². The molecule has 0 spiro atoms. The lowest BCUT2D eigenvalue weighted by molar-refractivity contribution is 0.0819. The summed E-state index contributed by atoms with van der Waals surface area (Å²) in [5, 5.41) is 2.92. The molecular weight excluding hydrogens is 395 g/mol. The van der Waals surface area contributed by atoms with Gasteiger partial charge >= 0.3 is 0 Å². The van der Waals surface area contributed by atoms with Gasteiger partial charge in [-0.15, -0.1) is 0 Å². The van der Waals surface area contributed by atoms with Crippen LogP contribution in [0.2, 0.25) is 0 Å².